The maximum Gasteiger partial charge on any atom is 0.289 e. The molecule has 0 atom stereocenters. The molecule has 0 aliphatic rings. The van der Waals surface area contributed by atoms with Gasteiger partial charge in [0.15, 0.2) is 4.90 Å². The lowest BCUT2D eigenvalue weighted by Crippen LogP contribution is -2.29. The molecule has 0 amide bonds. The van der Waals surface area contributed by atoms with Crippen molar-refractivity contribution < 1.29 is 13.3 Å². The summed E-state index contributed by atoms with van der Waals surface area (Å²) in [6.45, 7) is 2.18. The van der Waals surface area contributed by atoms with Gasteiger partial charge in [-0.05, 0) is 30.5 Å². The number of rotatable bonds is 7. The van der Waals surface area contributed by atoms with Crippen molar-refractivity contribution in [1.29, 1.82) is 0 Å². The summed E-state index contributed by atoms with van der Waals surface area (Å²) in [5, 5.41) is 11.1. The van der Waals surface area contributed by atoms with Gasteiger partial charge in [-0.2, -0.15) is 0 Å². The summed E-state index contributed by atoms with van der Waals surface area (Å²) in [4.78, 5) is 15.5. The zero-order valence-electron chi connectivity index (χ0n) is 15.4. The van der Waals surface area contributed by atoms with E-state index in [0.29, 0.717) is 6.42 Å². The van der Waals surface area contributed by atoms with Gasteiger partial charge in [0.1, 0.15) is 0 Å². The van der Waals surface area contributed by atoms with Crippen LogP contribution in [0, 0.1) is 17.0 Å². The van der Waals surface area contributed by atoms with Gasteiger partial charge in [-0.25, -0.2) is 17.7 Å². The molecule has 7 nitrogen and oxygen atoms in total. The van der Waals surface area contributed by atoms with Crippen LogP contribution in [0.15, 0.2) is 58.9 Å². The van der Waals surface area contributed by atoms with Crippen LogP contribution in [0.4, 0.5) is 5.69 Å². The minimum atomic E-state index is -3.95. The molecule has 0 bridgehead atoms. The highest BCUT2D eigenvalue weighted by Crippen LogP contribution is 2.28. The van der Waals surface area contributed by atoms with Crippen molar-refractivity contribution in [3.05, 3.63) is 75.4 Å². The number of hydrogen-bond acceptors (Lipinski definition) is 6. The lowest BCUT2D eigenvalue weighted by atomic mass is 10.1. The molecule has 3 rings (SSSR count). The SMILES string of the molecule is Cc1ncsc1-c1ccc(CCN(C)S(=O)(=O)c2ccccc2[N+](=O)[O-])cc1. The molecule has 0 radical (unpaired) electrons. The summed E-state index contributed by atoms with van der Waals surface area (Å²) in [7, 11) is -2.52. The van der Waals surface area contributed by atoms with Gasteiger partial charge >= 0.3 is 0 Å². The monoisotopic (exact) mass is 417 g/mol. The summed E-state index contributed by atoms with van der Waals surface area (Å²) in [6.07, 6.45) is 0.498. The Morgan fingerprint density at radius 2 is 1.82 bits per heavy atom. The number of likely N-dealkylation sites (N-methyl/N-ethyl adjacent to an activating group) is 1. The van der Waals surface area contributed by atoms with Gasteiger partial charge in [-0.15, -0.1) is 11.3 Å². The molecular weight excluding hydrogens is 398 g/mol. The van der Waals surface area contributed by atoms with Gasteiger partial charge in [0.05, 0.1) is 21.0 Å². The van der Waals surface area contributed by atoms with E-state index >= 15 is 0 Å². The van der Waals surface area contributed by atoms with E-state index in [-0.39, 0.29) is 11.4 Å². The molecule has 1 aromatic heterocycles. The molecule has 0 fully saturated rings. The van der Waals surface area contributed by atoms with Gasteiger partial charge in [0.25, 0.3) is 5.69 Å². The van der Waals surface area contributed by atoms with Crippen LogP contribution in [0.1, 0.15) is 11.3 Å². The topological polar surface area (TPSA) is 93.4 Å². The lowest BCUT2D eigenvalue weighted by Gasteiger charge is -2.17. The Morgan fingerprint density at radius 3 is 2.43 bits per heavy atom. The fourth-order valence-corrected chi connectivity index (χ4v) is 4.94. The normalized spacial score (nSPS) is 11.7. The van der Waals surface area contributed by atoms with Gasteiger partial charge in [0, 0.05) is 19.7 Å². The van der Waals surface area contributed by atoms with E-state index < -0.39 is 20.6 Å². The van der Waals surface area contributed by atoms with Crippen LogP contribution in [0.25, 0.3) is 10.4 Å². The summed E-state index contributed by atoms with van der Waals surface area (Å²) >= 11 is 1.58. The molecule has 0 saturated heterocycles. The van der Waals surface area contributed by atoms with Gasteiger partial charge in [0.2, 0.25) is 10.0 Å². The zero-order valence-corrected chi connectivity index (χ0v) is 17.0. The van der Waals surface area contributed by atoms with E-state index in [1.807, 2.05) is 31.2 Å². The third-order valence-corrected chi connectivity index (χ3v) is 7.31. The van der Waals surface area contributed by atoms with E-state index in [1.165, 1.54) is 31.3 Å². The minimum Gasteiger partial charge on any atom is -0.258 e. The van der Waals surface area contributed by atoms with Crippen molar-refractivity contribution in [2.75, 3.05) is 13.6 Å². The first-order chi connectivity index (χ1) is 13.3. The number of nitro benzene ring substituents is 1. The molecule has 28 heavy (non-hydrogen) atoms. The Labute approximate surface area is 167 Å². The molecular formula is C19H19N3O4S2. The number of benzene rings is 2. The van der Waals surface area contributed by atoms with Crippen LogP contribution >= 0.6 is 11.3 Å². The van der Waals surface area contributed by atoms with Gasteiger partial charge < -0.3 is 0 Å². The predicted molar refractivity (Wildman–Crippen MR) is 109 cm³/mol. The third kappa shape index (κ3) is 4.11. The zero-order chi connectivity index (χ0) is 20.3. The Bertz CT molecular complexity index is 1090. The number of sulfonamides is 1. The molecule has 3 aromatic rings. The third-order valence-electron chi connectivity index (χ3n) is 4.43. The highest BCUT2D eigenvalue weighted by atomic mass is 32.2. The second-order valence-corrected chi connectivity index (χ2v) is 9.13. The first-order valence-corrected chi connectivity index (χ1v) is 10.8. The fourth-order valence-electron chi connectivity index (χ4n) is 2.80. The first-order valence-electron chi connectivity index (χ1n) is 8.50. The van der Waals surface area contributed by atoms with Gasteiger partial charge in [-0.1, -0.05) is 36.4 Å². The molecule has 0 unspecified atom stereocenters. The van der Waals surface area contributed by atoms with Crippen molar-refractivity contribution in [2.24, 2.45) is 0 Å². The Morgan fingerprint density at radius 1 is 1.14 bits per heavy atom. The van der Waals surface area contributed by atoms with Crippen molar-refractivity contribution in [3.63, 3.8) is 0 Å². The van der Waals surface area contributed by atoms with Crippen LogP contribution in [-0.4, -0.2) is 36.2 Å². The molecule has 2 aromatic carbocycles. The molecule has 1 heterocycles. The van der Waals surface area contributed by atoms with Crippen LogP contribution in [-0.2, 0) is 16.4 Å². The van der Waals surface area contributed by atoms with Crippen molar-refractivity contribution in [3.8, 4) is 10.4 Å². The lowest BCUT2D eigenvalue weighted by molar-refractivity contribution is -0.387. The molecule has 0 aliphatic carbocycles. The van der Waals surface area contributed by atoms with Crippen LogP contribution in [0.3, 0.4) is 0 Å². The van der Waals surface area contributed by atoms with Crippen molar-refractivity contribution in [1.82, 2.24) is 9.29 Å². The number of nitrogens with zero attached hydrogens (tertiary/aromatic N) is 3. The molecule has 0 spiro atoms. The predicted octanol–water partition coefficient (Wildman–Crippen LogP) is 3.89. The van der Waals surface area contributed by atoms with Crippen LogP contribution in [0.5, 0.6) is 0 Å². The van der Waals surface area contributed by atoms with E-state index in [9.17, 15) is 18.5 Å². The highest BCUT2D eigenvalue weighted by Gasteiger charge is 2.28. The highest BCUT2D eigenvalue weighted by molar-refractivity contribution is 7.89. The Balaban J connectivity index is 1.72. The van der Waals surface area contributed by atoms with E-state index in [0.717, 1.165) is 26.0 Å². The molecule has 9 heteroatoms. The average Bonchev–Trinajstić information content (AvgIpc) is 3.12. The minimum absolute atomic E-state index is 0.216. The first kappa shape index (κ1) is 20.1. The summed E-state index contributed by atoms with van der Waals surface area (Å²) in [5.74, 6) is 0. The molecule has 0 saturated carbocycles. The number of aryl methyl sites for hydroxylation is 1. The van der Waals surface area contributed by atoms with Crippen LogP contribution < -0.4 is 0 Å². The number of hydrogen-bond donors (Lipinski definition) is 0. The molecule has 0 N–H and O–H groups in total. The van der Waals surface area contributed by atoms with Crippen molar-refractivity contribution in [2.45, 2.75) is 18.2 Å². The molecule has 0 aliphatic heterocycles. The largest absolute Gasteiger partial charge is 0.289 e. The molecule has 146 valence electrons. The fraction of sp³-hybridized carbons (Fsp3) is 0.211. The number of nitro groups is 1. The Kier molecular flexibility index (Phi) is 5.87. The summed E-state index contributed by atoms with van der Waals surface area (Å²) in [6, 6.07) is 13.3. The number of thiazole rings is 1. The maximum atomic E-state index is 12.7. The van der Waals surface area contributed by atoms with E-state index in [4.69, 9.17) is 0 Å². The average molecular weight is 418 g/mol. The quantitative estimate of drug-likeness (QED) is 0.429. The number of aromatic nitrogens is 1. The maximum absolute atomic E-state index is 12.7. The standard InChI is InChI=1S/C19H19N3O4S2/c1-14-19(27-13-20-14)16-9-7-15(8-10-16)11-12-21(2)28(25,26)18-6-4-3-5-17(18)22(23)24/h3-10,13H,11-12H2,1-2H3. The Hall–Kier alpha value is -2.62. The van der Waals surface area contributed by atoms with Crippen LogP contribution in [0.2, 0.25) is 0 Å². The van der Waals surface area contributed by atoms with Crippen molar-refractivity contribution >= 4 is 27.0 Å². The van der Waals surface area contributed by atoms with E-state index in [1.54, 1.807) is 16.8 Å². The number of para-hydroxylation sites is 1. The summed E-state index contributed by atoms with van der Waals surface area (Å²) < 4.78 is 26.6. The second kappa shape index (κ2) is 8.17. The summed E-state index contributed by atoms with van der Waals surface area (Å²) in [5.41, 5.74) is 4.42. The second-order valence-electron chi connectivity index (χ2n) is 6.27. The van der Waals surface area contributed by atoms with Gasteiger partial charge in [-0.3, -0.25) is 10.1 Å². The van der Waals surface area contributed by atoms with E-state index in [2.05, 4.69) is 4.98 Å². The smallest absolute Gasteiger partial charge is 0.258 e.